The fraction of sp³-hybridized carbons (Fsp3) is 0.533. The van der Waals surface area contributed by atoms with E-state index < -0.39 is 18.4 Å². The molecule has 0 aliphatic carbocycles. The molecule has 0 fully saturated rings. The van der Waals surface area contributed by atoms with E-state index in [2.05, 4.69) is 65.3 Å². The van der Waals surface area contributed by atoms with Crippen molar-refractivity contribution in [2.45, 2.75) is 41.5 Å². The second-order valence-corrected chi connectivity index (χ2v) is 21.3. The van der Waals surface area contributed by atoms with Crippen LogP contribution in [0.1, 0.15) is 31.7 Å². The Bertz CT molecular complexity index is 424. The van der Waals surface area contributed by atoms with Crippen molar-refractivity contribution in [2.75, 3.05) is 0 Å². The molecule has 100 valence electrons. The molecule has 0 unspecified atom stereocenters. The first-order valence-corrected chi connectivity index (χ1v) is 17.5. The van der Waals surface area contributed by atoms with Crippen LogP contribution in [0, 0.1) is 5.92 Å². The van der Waals surface area contributed by atoms with Gasteiger partial charge in [0.05, 0.1) is 0 Å². The zero-order valence-electron chi connectivity index (χ0n) is 12.4. The summed E-state index contributed by atoms with van der Waals surface area (Å²) in [5.74, 6) is 1.04. The molecule has 0 saturated heterocycles. The molecule has 0 aliphatic heterocycles. The number of rotatable bonds is 5. The Morgan fingerprint density at radius 2 is 1.72 bits per heavy atom. The third-order valence-corrected chi connectivity index (χ3v) is 9.45. The van der Waals surface area contributed by atoms with Gasteiger partial charge in [-0.1, -0.05) is 0 Å². The van der Waals surface area contributed by atoms with E-state index in [0.29, 0.717) is 11.8 Å². The standard InChI is InChI=1S/C12H16NS.3CH3.Sn/c1-10(2)6-4-5-7-11(3)12-13-8-9-14-12;;;;/h4-7,9-11H,1-3H3;3*1H3;/b6-4+,7-5+;;;;/t11-;;;;/m0..../s1. The predicted octanol–water partition coefficient (Wildman–Crippen LogP) is 4.56. The van der Waals surface area contributed by atoms with Crippen LogP contribution in [0.4, 0.5) is 0 Å². The summed E-state index contributed by atoms with van der Waals surface area (Å²) < 4.78 is 1.40. The van der Waals surface area contributed by atoms with Crippen molar-refractivity contribution in [3.8, 4) is 0 Å². The molecule has 0 radical (unpaired) electrons. The zero-order chi connectivity index (χ0) is 13.8. The topological polar surface area (TPSA) is 12.9 Å². The van der Waals surface area contributed by atoms with Crippen LogP contribution in [-0.2, 0) is 0 Å². The van der Waals surface area contributed by atoms with Crippen LogP contribution in [0.25, 0.3) is 0 Å². The van der Waals surface area contributed by atoms with Gasteiger partial charge in [0.1, 0.15) is 0 Å². The Kier molecular flexibility index (Phi) is 6.12. The van der Waals surface area contributed by atoms with Crippen LogP contribution < -0.4 is 3.71 Å². The van der Waals surface area contributed by atoms with E-state index in [1.807, 2.05) is 11.3 Å². The summed E-state index contributed by atoms with van der Waals surface area (Å²) in [6.45, 7) is 6.61. The Labute approximate surface area is 120 Å². The van der Waals surface area contributed by atoms with Gasteiger partial charge in [0.15, 0.2) is 0 Å². The van der Waals surface area contributed by atoms with Crippen molar-refractivity contribution in [3.05, 3.63) is 34.7 Å². The molecule has 0 N–H and O–H groups in total. The molecule has 0 bridgehead atoms. The van der Waals surface area contributed by atoms with Crippen LogP contribution in [0.3, 0.4) is 0 Å². The van der Waals surface area contributed by atoms with Crippen LogP contribution in [-0.4, -0.2) is 23.4 Å². The molecule has 1 rings (SSSR count). The van der Waals surface area contributed by atoms with Crippen LogP contribution in [0.5, 0.6) is 0 Å². The average Bonchev–Trinajstić information content (AvgIpc) is 2.72. The Hall–Kier alpha value is -0.0913. The molecule has 0 saturated carbocycles. The molecule has 1 heterocycles. The number of hydrogen-bond donors (Lipinski definition) is 0. The predicted molar refractivity (Wildman–Crippen MR) is 86.6 cm³/mol. The number of nitrogens with zero attached hydrogens (tertiary/aromatic N) is 1. The van der Waals surface area contributed by atoms with E-state index in [1.54, 1.807) is 0 Å². The Morgan fingerprint density at radius 3 is 2.22 bits per heavy atom. The van der Waals surface area contributed by atoms with E-state index in [1.165, 1.54) is 8.72 Å². The second kappa shape index (κ2) is 6.90. The van der Waals surface area contributed by atoms with Crippen molar-refractivity contribution in [1.82, 2.24) is 4.98 Å². The first kappa shape index (κ1) is 16.0. The van der Waals surface area contributed by atoms with Crippen molar-refractivity contribution in [1.29, 1.82) is 0 Å². The third-order valence-electron chi connectivity index (χ3n) is 2.69. The van der Waals surface area contributed by atoms with Crippen molar-refractivity contribution < 1.29 is 0 Å². The van der Waals surface area contributed by atoms with E-state index >= 15 is 0 Å². The van der Waals surface area contributed by atoms with E-state index in [-0.39, 0.29) is 0 Å². The molecule has 0 amide bonds. The SMILES string of the molecule is CC(C)/C=C/C=C/[C@H](C)c1n[c]([Sn]([CH3])([CH3])[CH3])cs1. The second-order valence-electron chi connectivity index (χ2n) is 6.12. The van der Waals surface area contributed by atoms with Gasteiger partial charge in [-0.25, -0.2) is 0 Å². The number of allylic oxidation sites excluding steroid dienone is 4. The van der Waals surface area contributed by atoms with E-state index in [0.717, 1.165) is 0 Å². The fourth-order valence-electron chi connectivity index (χ4n) is 1.44. The summed E-state index contributed by atoms with van der Waals surface area (Å²) >= 11 is -0.151. The fourth-order valence-corrected chi connectivity index (χ4v) is 7.59. The molecule has 0 spiro atoms. The first-order valence-electron chi connectivity index (χ1n) is 6.61. The summed E-state index contributed by atoms with van der Waals surface area (Å²) in [6.07, 6.45) is 8.73. The summed E-state index contributed by atoms with van der Waals surface area (Å²) in [4.78, 5) is 12.1. The van der Waals surface area contributed by atoms with Crippen LogP contribution in [0.2, 0.25) is 14.8 Å². The van der Waals surface area contributed by atoms with Crippen LogP contribution in [0.15, 0.2) is 29.7 Å². The van der Waals surface area contributed by atoms with Gasteiger partial charge >= 0.3 is 121 Å². The number of hydrogen-bond acceptors (Lipinski definition) is 2. The minimum absolute atomic E-state index is 0.425. The summed E-state index contributed by atoms with van der Waals surface area (Å²) in [5, 5.41) is 3.53. The van der Waals surface area contributed by atoms with Gasteiger partial charge in [-0.05, 0) is 0 Å². The van der Waals surface area contributed by atoms with Gasteiger partial charge in [-0.2, -0.15) is 0 Å². The zero-order valence-corrected chi connectivity index (χ0v) is 16.1. The quantitative estimate of drug-likeness (QED) is 0.547. The summed E-state index contributed by atoms with van der Waals surface area (Å²) in [6, 6.07) is 0. The van der Waals surface area contributed by atoms with Crippen LogP contribution >= 0.6 is 11.3 Å². The molecule has 1 atom stereocenters. The third kappa shape index (κ3) is 5.27. The van der Waals surface area contributed by atoms with Crippen molar-refractivity contribution in [3.63, 3.8) is 0 Å². The van der Waals surface area contributed by atoms with E-state index in [4.69, 9.17) is 4.98 Å². The molecular formula is C15H25NSSn. The number of thiazole rings is 1. The first-order chi connectivity index (χ1) is 8.30. The van der Waals surface area contributed by atoms with Gasteiger partial charge in [0, 0.05) is 0 Å². The molecular weight excluding hydrogens is 345 g/mol. The molecule has 1 aromatic rings. The van der Waals surface area contributed by atoms with Gasteiger partial charge in [-0.15, -0.1) is 0 Å². The Balaban J connectivity index is 2.68. The monoisotopic (exact) mass is 371 g/mol. The minimum atomic E-state index is -1.97. The molecule has 1 aromatic heterocycles. The molecule has 1 nitrogen and oxygen atoms in total. The van der Waals surface area contributed by atoms with Gasteiger partial charge in [0.25, 0.3) is 0 Å². The molecule has 0 aromatic carbocycles. The van der Waals surface area contributed by atoms with Gasteiger partial charge in [-0.3, -0.25) is 0 Å². The van der Waals surface area contributed by atoms with Gasteiger partial charge in [0.2, 0.25) is 0 Å². The van der Waals surface area contributed by atoms with E-state index in [9.17, 15) is 0 Å². The summed E-state index contributed by atoms with van der Waals surface area (Å²) in [5.41, 5.74) is 0. The molecule has 3 heteroatoms. The normalized spacial score (nSPS) is 15.1. The molecule has 0 aliphatic rings. The number of aromatic nitrogens is 1. The average molecular weight is 370 g/mol. The van der Waals surface area contributed by atoms with Crippen molar-refractivity contribution in [2.24, 2.45) is 5.92 Å². The Morgan fingerprint density at radius 1 is 1.11 bits per heavy atom. The maximum absolute atomic E-state index is 4.83. The molecule has 18 heavy (non-hydrogen) atoms. The summed E-state index contributed by atoms with van der Waals surface area (Å²) in [7, 11) is 0. The van der Waals surface area contributed by atoms with Crippen molar-refractivity contribution >= 4 is 33.4 Å². The maximum atomic E-state index is 4.83. The van der Waals surface area contributed by atoms with Gasteiger partial charge < -0.3 is 0 Å².